The van der Waals surface area contributed by atoms with E-state index in [4.69, 9.17) is 5.73 Å². The first kappa shape index (κ1) is 33.8. The van der Waals surface area contributed by atoms with Crippen LogP contribution in [0.4, 0.5) is 0 Å². The molecule has 0 saturated carbocycles. The first-order valence-electron chi connectivity index (χ1n) is 13.9. The van der Waals surface area contributed by atoms with Gasteiger partial charge in [-0.1, -0.05) is 56.3 Å². The van der Waals surface area contributed by atoms with E-state index < -0.39 is 54.3 Å². The minimum Gasteiger partial charge on any atom is -0.508 e. The van der Waals surface area contributed by atoms with E-state index in [1.165, 1.54) is 26.1 Å². The standard InChI is InChI=1S/C30H42N6O6/c1-18(2)14-24(29(41)32-4)36-30(42)25(16-20-8-6-5-7-9-20)35-26(38)17-33-27(39)19(3)34-28(40)23(31)15-21-10-12-22(37)13-11-21/h5-13,18-19,23-25,37H,14-17,31H2,1-4H3,(H,32,41)(H,33,39)(H,34,40)(H,35,38)(H,36,42)/t19-,23+,24+,25+/m1/s1. The third-order valence-corrected chi connectivity index (χ3v) is 6.42. The van der Waals surface area contributed by atoms with Crippen molar-refractivity contribution in [2.75, 3.05) is 13.6 Å². The van der Waals surface area contributed by atoms with E-state index in [0.29, 0.717) is 6.42 Å². The molecule has 4 atom stereocenters. The zero-order valence-corrected chi connectivity index (χ0v) is 24.5. The topological polar surface area (TPSA) is 192 Å². The SMILES string of the molecule is CNC(=O)[C@H](CC(C)C)NC(=O)[C@H](Cc1ccccc1)NC(=O)CNC(=O)[C@@H](C)NC(=O)[C@@H](N)Cc1ccc(O)cc1. The third kappa shape index (κ3) is 11.6. The van der Waals surface area contributed by atoms with Gasteiger partial charge in [-0.3, -0.25) is 24.0 Å². The Bertz CT molecular complexity index is 1200. The summed E-state index contributed by atoms with van der Waals surface area (Å²) >= 11 is 0. The summed E-state index contributed by atoms with van der Waals surface area (Å²) in [6.45, 7) is 4.88. The van der Waals surface area contributed by atoms with Crippen molar-refractivity contribution in [3.63, 3.8) is 0 Å². The van der Waals surface area contributed by atoms with Crippen molar-refractivity contribution in [2.24, 2.45) is 11.7 Å². The molecule has 0 saturated heterocycles. The number of amides is 5. The van der Waals surface area contributed by atoms with Crippen LogP contribution in [-0.4, -0.2) is 72.4 Å². The van der Waals surface area contributed by atoms with E-state index in [9.17, 15) is 29.1 Å². The second kappa shape index (κ2) is 16.7. The second-order valence-corrected chi connectivity index (χ2v) is 10.5. The highest BCUT2D eigenvalue weighted by atomic mass is 16.3. The molecule has 0 heterocycles. The molecule has 0 radical (unpaired) electrons. The molecular weight excluding hydrogens is 540 g/mol. The highest BCUT2D eigenvalue weighted by Gasteiger charge is 2.28. The van der Waals surface area contributed by atoms with E-state index in [-0.39, 0.29) is 30.4 Å². The Hall–Kier alpha value is -4.45. The summed E-state index contributed by atoms with van der Waals surface area (Å²) in [4.78, 5) is 63.4. The minimum absolute atomic E-state index is 0.0948. The molecule has 2 aromatic rings. The molecule has 12 heteroatoms. The van der Waals surface area contributed by atoms with Gasteiger partial charge in [0.15, 0.2) is 0 Å². The van der Waals surface area contributed by atoms with Gasteiger partial charge >= 0.3 is 0 Å². The fraction of sp³-hybridized carbons (Fsp3) is 0.433. The van der Waals surface area contributed by atoms with E-state index in [0.717, 1.165) is 11.1 Å². The number of hydrogen-bond acceptors (Lipinski definition) is 7. The Balaban J connectivity index is 1.96. The third-order valence-electron chi connectivity index (χ3n) is 6.42. The van der Waals surface area contributed by atoms with E-state index in [1.54, 1.807) is 12.1 Å². The average Bonchev–Trinajstić information content (AvgIpc) is 2.96. The van der Waals surface area contributed by atoms with Gasteiger partial charge in [-0.05, 0) is 48.9 Å². The number of carbonyl (C=O) groups is 5. The molecule has 12 nitrogen and oxygen atoms in total. The van der Waals surface area contributed by atoms with Gasteiger partial charge in [-0.2, -0.15) is 0 Å². The fourth-order valence-electron chi connectivity index (χ4n) is 4.14. The molecule has 5 amide bonds. The summed E-state index contributed by atoms with van der Waals surface area (Å²) < 4.78 is 0. The summed E-state index contributed by atoms with van der Waals surface area (Å²) in [5.41, 5.74) is 7.49. The maximum atomic E-state index is 13.2. The number of carbonyl (C=O) groups excluding carboxylic acids is 5. The molecule has 2 aromatic carbocycles. The summed E-state index contributed by atoms with van der Waals surface area (Å²) in [5.74, 6) is -2.43. The highest BCUT2D eigenvalue weighted by Crippen LogP contribution is 2.11. The van der Waals surface area contributed by atoms with Crippen LogP contribution in [0.5, 0.6) is 5.75 Å². The fourth-order valence-corrected chi connectivity index (χ4v) is 4.14. The quantitative estimate of drug-likeness (QED) is 0.152. The van der Waals surface area contributed by atoms with E-state index in [1.807, 2.05) is 44.2 Å². The summed E-state index contributed by atoms with van der Waals surface area (Å²) in [6, 6.07) is 11.6. The van der Waals surface area contributed by atoms with Crippen LogP contribution in [-0.2, 0) is 36.8 Å². The van der Waals surface area contributed by atoms with Crippen molar-refractivity contribution in [1.29, 1.82) is 0 Å². The maximum Gasteiger partial charge on any atom is 0.243 e. The second-order valence-electron chi connectivity index (χ2n) is 10.5. The Kier molecular flexibility index (Phi) is 13.4. The lowest BCUT2D eigenvalue weighted by Gasteiger charge is -2.24. The van der Waals surface area contributed by atoms with Crippen LogP contribution >= 0.6 is 0 Å². The van der Waals surface area contributed by atoms with Crippen LogP contribution in [0.25, 0.3) is 0 Å². The van der Waals surface area contributed by atoms with Gasteiger partial charge in [0.05, 0.1) is 12.6 Å². The summed E-state index contributed by atoms with van der Waals surface area (Å²) in [5, 5.41) is 22.3. The molecule has 0 aromatic heterocycles. The maximum absolute atomic E-state index is 13.2. The molecule has 0 spiro atoms. The Morgan fingerprint density at radius 3 is 1.95 bits per heavy atom. The van der Waals surface area contributed by atoms with Crippen LogP contribution < -0.4 is 32.3 Å². The van der Waals surface area contributed by atoms with Gasteiger partial charge in [0, 0.05) is 13.5 Å². The number of hydrogen-bond donors (Lipinski definition) is 7. The summed E-state index contributed by atoms with van der Waals surface area (Å²) in [7, 11) is 1.49. The molecule has 0 unspecified atom stereocenters. The van der Waals surface area contributed by atoms with Crippen LogP contribution in [0.3, 0.4) is 0 Å². The smallest absolute Gasteiger partial charge is 0.243 e. The van der Waals surface area contributed by atoms with Crippen molar-refractivity contribution in [1.82, 2.24) is 26.6 Å². The van der Waals surface area contributed by atoms with Crippen molar-refractivity contribution < 1.29 is 29.1 Å². The molecular formula is C30H42N6O6. The largest absolute Gasteiger partial charge is 0.508 e. The van der Waals surface area contributed by atoms with Crippen LogP contribution in [0, 0.1) is 5.92 Å². The predicted octanol–water partition coefficient (Wildman–Crippen LogP) is -0.113. The lowest BCUT2D eigenvalue weighted by Crippen LogP contribution is -2.56. The molecule has 42 heavy (non-hydrogen) atoms. The molecule has 0 aliphatic carbocycles. The van der Waals surface area contributed by atoms with Crippen molar-refractivity contribution in [3.8, 4) is 5.75 Å². The van der Waals surface area contributed by atoms with Crippen LogP contribution in [0.2, 0.25) is 0 Å². The van der Waals surface area contributed by atoms with E-state index in [2.05, 4.69) is 26.6 Å². The van der Waals surface area contributed by atoms with Gasteiger partial charge in [-0.25, -0.2) is 0 Å². The normalized spacial score (nSPS) is 13.7. The summed E-state index contributed by atoms with van der Waals surface area (Å²) in [6.07, 6.45) is 0.779. The number of rotatable bonds is 15. The molecule has 228 valence electrons. The number of nitrogens with one attached hydrogen (secondary N) is 5. The van der Waals surface area contributed by atoms with Gasteiger partial charge in [0.1, 0.15) is 23.9 Å². The monoisotopic (exact) mass is 582 g/mol. The minimum atomic E-state index is -1.01. The predicted molar refractivity (Wildman–Crippen MR) is 158 cm³/mol. The van der Waals surface area contributed by atoms with Crippen LogP contribution in [0.1, 0.15) is 38.3 Å². The zero-order valence-electron chi connectivity index (χ0n) is 24.5. The van der Waals surface area contributed by atoms with Gasteiger partial charge in [0.25, 0.3) is 0 Å². The lowest BCUT2D eigenvalue weighted by atomic mass is 10.0. The zero-order chi connectivity index (χ0) is 31.2. The average molecular weight is 583 g/mol. The number of nitrogens with two attached hydrogens (primary N) is 1. The molecule has 8 N–H and O–H groups in total. The molecule has 0 fully saturated rings. The first-order chi connectivity index (χ1) is 19.9. The Morgan fingerprint density at radius 1 is 0.738 bits per heavy atom. The number of benzene rings is 2. The van der Waals surface area contributed by atoms with Crippen LogP contribution in [0.15, 0.2) is 54.6 Å². The van der Waals surface area contributed by atoms with E-state index >= 15 is 0 Å². The highest BCUT2D eigenvalue weighted by molar-refractivity contribution is 5.94. The first-order valence-corrected chi connectivity index (χ1v) is 13.9. The van der Waals surface area contributed by atoms with Crippen molar-refractivity contribution in [2.45, 2.75) is 64.2 Å². The van der Waals surface area contributed by atoms with Gasteiger partial charge in [-0.15, -0.1) is 0 Å². The molecule has 2 rings (SSSR count). The molecule has 0 aliphatic heterocycles. The Morgan fingerprint density at radius 2 is 1.36 bits per heavy atom. The number of likely N-dealkylation sites (N-methyl/N-ethyl adjacent to an activating group) is 1. The van der Waals surface area contributed by atoms with Crippen molar-refractivity contribution >= 4 is 29.5 Å². The van der Waals surface area contributed by atoms with Crippen molar-refractivity contribution in [3.05, 3.63) is 65.7 Å². The number of aromatic hydroxyl groups is 1. The van der Waals surface area contributed by atoms with Gasteiger partial charge in [0.2, 0.25) is 29.5 Å². The lowest BCUT2D eigenvalue weighted by molar-refractivity contribution is -0.133. The Labute approximate surface area is 246 Å². The van der Waals surface area contributed by atoms with Gasteiger partial charge < -0.3 is 37.4 Å². The molecule has 0 aliphatic rings. The number of phenolic OH excluding ortho intramolecular Hbond substituents is 1. The molecule has 0 bridgehead atoms. The number of phenols is 1.